The molecule has 2 aromatic rings. The van der Waals surface area contributed by atoms with Crippen LogP contribution in [0.25, 0.3) is 11.4 Å². The summed E-state index contributed by atoms with van der Waals surface area (Å²) in [6, 6.07) is 5.53. The molecule has 0 radical (unpaired) electrons. The molecule has 0 aliphatic rings. The van der Waals surface area contributed by atoms with E-state index in [1.165, 1.54) is 12.1 Å². The van der Waals surface area contributed by atoms with Crippen molar-refractivity contribution in [3.05, 3.63) is 45.7 Å². The molecular weight excluding hydrogens is 357 g/mol. The van der Waals surface area contributed by atoms with Crippen LogP contribution in [0.3, 0.4) is 0 Å². The van der Waals surface area contributed by atoms with Crippen molar-refractivity contribution in [1.82, 2.24) is 9.97 Å². The van der Waals surface area contributed by atoms with Crippen LogP contribution in [-0.2, 0) is 12.1 Å². The second-order valence-corrected chi connectivity index (χ2v) is 5.33. The Bertz CT molecular complexity index is 644. The van der Waals surface area contributed by atoms with Crippen molar-refractivity contribution in [2.75, 3.05) is 0 Å². The summed E-state index contributed by atoms with van der Waals surface area (Å²) in [5.74, 6) is 0.148. The first-order chi connectivity index (χ1) is 9.31. The van der Waals surface area contributed by atoms with E-state index in [4.69, 9.17) is 11.6 Å². The quantitative estimate of drug-likeness (QED) is 0.702. The molecule has 0 saturated carbocycles. The third-order valence-electron chi connectivity index (χ3n) is 2.57. The lowest BCUT2D eigenvalue weighted by molar-refractivity contribution is -0.137. The van der Waals surface area contributed by atoms with Gasteiger partial charge in [-0.25, -0.2) is 9.97 Å². The Labute approximate surface area is 127 Å². The van der Waals surface area contributed by atoms with Crippen LogP contribution in [0, 0.1) is 6.92 Å². The van der Waals surface area contributed by atoms with Gasteiger partial charge in [0.1, 0.15) is 0 Å². The SMILES string of the molecule is Cc1cc(CCl)nc(-c2ccc(Br)cc2C(F)(F)F)n1. The lowest BCUT2D eigenvalue weighted by atomic mass is 10.1. The minimum Gasteiger partial charge on any atom is -0.233 e. The van der Waals surface area contributed by atoms with Crippen molar-refractivity contribution in [2.45, 2.75) is 19.0 Å². The van der Waals surface area contributed by atoms with Crippen molar-refractivity contribution in [1.29, 1.82) is 0 Å². The topological polar surface area (TPSA) is 25.8 Å². The second-order valence-electron chi connectivity index (χ2n) is 4.15. The maximum atomic E-state index is 13.1. The van der Waals surface area contributed by atoms with Crippen LogP contribution < -0.4 is 0 Å². The largest absolute Gasteiger partial charge is 0.417 e. The summed E-state index contributed by atoms with van der Waals surface area (Å²) < 4.78 is 39.6. The van der Waals surface area contributed by atoms with Crippen LogP contribution >= 0.6 is 27.5 Å². The summed E-state index contributed by atoms with van der Waals surface area (Å²) in [6.45, 7) is 1.69. The zero-order valence-electron chi connectivity index (χ0n) is 10.3. The summed E-state index contributed by atoms with van der Waals surface area (Å²) in [5, 5.41) is 0. The van der Waals surface area contributed by atoms with Gasteiger partial charge in [0.05, 0.1) is 17.1 Å². The summed E-state index contributed by atoms with van der Waals surface area (Å²) in [7, 11) is 0. The van der Waals surface area contributed by atoms with E-state index < -0.39 is 11.7 Å². The van der Waals surface area contributed by atoms with Gasteiger partial charge in [-0.1, -0.05) is 15.9 Å². The van der Waals surface area contributed by atoms with E-state index >= 15 is 0 Å². The van der Waals surface area contributed by atoms with Crippen molar-refractivity contribution in [3.63, 3.8) is 0 Å². The van der Waals surface area contributed by atoms with E-state index in [9.17, 15) is 13.2 Å². The van der Waals surface area contributed by atoms with E-state index in [0.29, 0.717) is 15.9 Å². The third kappa shape index (κ3) is 3.30. The van der Waals surface area contributed by atoms with Gasteiger partial charge in [-0.15, -0.1) is 11.6 Å². The minimum absolute atomic E-state index is 0.0282. The fourth-order valence-electron chi connectivity index (χ4n) is 1.77. The number of aromatic nitrogens is 2. The summed E-state index contributed by atoms with van der Waals surface area (Å²) in [6.07, 6.45) is -4.48. The number of alkyl halides is 4. The fraction of sp³-hybridized carbons (Fsp3) is 0.231. The Kier molecular flexibility index (Phi) is 4.34. The Balaban J connectivity index is 2.66. The van der Waals surface area contributed by atoms with Gasteiger partial charge in [0, 0.05) is 15.7 Å². The van der Waals surface area contributed by atoms with Crippen molar-refractivity contribution >= 4 is 27.5 Å². The summed E-state index contributed by atoms with van der Waals surface area (Å²) >= 11 is 8.74. The van der Waals surface area contributed by atoms with E-state index in [-0.39, 0.29) is 17.3 Å². The highest BCUT2D eigenvalue weighted by atomic mass is 79.9. The predicted molar refractivity (Wildman–Crippen MR) is 74.5 cm³/mol. The molecule has 0 fully saturated rings. The smallest absolute Gasteiger partial charge is 0.233 e. The van der Waals surface area contributed by atoms with Crippen LogP contribution in [-0.4, -0.2) is 9.97 Å². The maximum absolute atomic E-state index is 13.1. The van der Waals surface area contributed by atoms with Crippen LogP contribution in [0.5, 0.6) is 0 Å². The molecule has 0 N–H and O–H groups in total. The number of halogens is 5. The zero-order chi connectivity index (χ0) is 14.9. The van der Waals surface area contributed by atoms with Gasteiger partial charge in [-0.3, -0.25) is 0 Å². The Morgan fingerprint density at radius 1 is 1.20 bits per heavy atom. The highest BCUT2D eigenvalue weighted by Crippen LogP contribution is 2.37. The first-order valence-electron chi connectivity index (χ1n) is 5.59. The van der Waals surface area contributed by atoms with Gasteiger partial charge in [0.25, 0.3) is 0 Å². The lowest BCUT2D eigenvalue weighted by Gasteiger charge is -2.13. The Hall–Kier alpha value is -1.14. The highest BCUT2D eigenvalue weighted by Gasteiger charge is 2.34. The van der Waals surface area contributed by atoms with E-state index in [1.807, 2.05) is 0 Å². The molecule has 0 bridgehead atoms. The molecule has 1 aromatic carbocycles. The number of rotatable bonds is 2. The number of aryl methyl sites for hydroxylation is 1. The molecule has 1 heterocycles. The zero-order valence-corrected chi connectivity index (χ0v) is 12.6. The van der Waals surface area contributed by atoms with Gasteiger partial charge in [0.2, 0.25) is 0 Å². The Morgan fingerprint density at radius 2 is 1.90 bits per heavy atom. The average Bonchev–Trinajstić information content (AvgIpc) is 2.36. The van der Waals surface area contributed by atoms with Crippen LogP contribution in [0.1, 0.15) is 17.0 Å². The molecule has 0 amide bonds. The van der Waals surface area contributed by atoms with Gasteiger partial charge in [0.15, 0.2) is 5.82 Å². The average molecular weight is 366 g/mol. The van der Waals surface area contributed by atoms with Gasteiger partial charge >= 0.3 is 6.18 Å². The van der Waals surface area contributed by atoms with Crippen molar-refractivity contribution < 1.29 is 13.2 Å². The molecule has 7 heteroatoms. The lowest BCUT2D eigenvalue weighted by Crippen LogP contribution is -2.09. The number of hydrogen-bond donors (Lipinski definition) is 0. The number of hydrogen-bond acceptors (Lipinski definition) is 2. The first-order valence-corrected chi connectivity index (χ1v) is 6.91. The molecule has 2 nitrogen and oxygen atoms in total. The molecule has 0 aliphatic heterocycles. The second kappa shape index (κ2) is 5.69. The van der Waals surface area contributed by atoms with Crippen LogP contribution in [0.2, 0.25) is 0 Å². The fourth-order valence-corrected chi connectivity index (χ4v) is 2.27. The molecule has 0 aliphatic carbocycles. The van der Waals surface area contributed by atoms with Crippen LogP contribution in [0.4, 0.5) is 13.2 Å². The van der Waals surface area contributed by atoms with Gasteiger partial charge in [-0.05, 0) is 31.2 Å². The molecular formula is C13H9BrClF3N2. The Morgan fingerprint density at radius 3 is 2.50 bits per heavy atom. The summed E-state index contributed by atoms with van der Waals surface area (Å²) in [4.78, 5) is 8.14. The molecule has 0 atom stereocenters. The van der Waals surface area contributed by atoms with Gasteiger partial charge in [-0.2, -0.15) is 13.2 Å². The molecule has 1 aromatic heterocycles. The highest BCUT2D eigenvalue weighted by molar-refractivity contribution is 9.10. The molecule has 2 rings (SSSR count). The van der Waals surface area contributed by atoms with E-state index in [0.717, 1.165) is 6.07 Å². The van der Waals surface area contributed by atoms with Crippen molar-refractivity contribution in [3.8, 4) is 11.4 Å². The van der Waals surface area contributed by atoms with Gasteiger partial charge < -0.3 is 0 Å². The number of benzene rings is 1. The molecule has 0 spiro atoms. The summed E-state index contributed by atoms with van der Waals surface area (Å²) in [5.41, 5.74) is 0.223. The van der Waals surface area contributed by atoms with E-state index in [1.54, 1.807) is 13.0 Å². The minimum atomic E-state index is -4.48. The molecule has 20 heavy (non-hydrogen) atoms. The molecule has 0 unspecified atom stereocenters. The predicted octanol–water partition coefficient (Wildman–Crippen LogP) is 4.97. The molecule has 106 valence electrons. The monoisotopic (exact) mass is 364 g/mol. The molecule has 0 saturated heterocycles. The number of nitrogens with zero attached hydrogens (tertiary/aromatic N) is 2. The third-order valence-corrected chi connectivity index (χ3v) is 3.34. The maximum Gasteiger partial charge on any atom is 0.417 e. The first kappa shape index (κ1) is 15.3. The normalized spacial score (nSPS) is 11.7. The van der Waals surface area contributed by atoms with Crippen molar-refractivity contribution in [2.24, 2.45) is 0 Å². The van der Waals surface area contributed by atoms with E-state index in [2.05, 4.69) is 25.9 Å². The van der Waals surface area contributed by atoms with Crippen LogP contribution in [0.15, 0.2) is 28.7 Å². The standard InChI is InChI=1S/C13H9BrClF3N2/c1-7-4-9(6-15)20-12(19-7)10-3-2-8(14)5-11(10)13(16,17)18/h2-5H,6H2,1H3.